The van der Waals surface area contributed by atoms with Crippen molar-refractivity contribution < 1.29 is 14.6 Å². The van der Waals surface area contributed by atoms with Crippen molar-refractivity contribution in [1.82, 2.24) is 0 Å². The lowest BCUT2D eigenvalue weighted by atomic mass is 9.66. The van der Waals surface area contributed by atoms with Crippen LogP contribution >= 0.6 is 0 Å². The zero-order valence-electron chi connectivity index (χ0n) is 14.5. The Hall–Kier alpha value is -0.120. The summed E-state index contributed by atoms with van der Waals surface area (Å²) in [6.07, 6.45) is 15.3. The van der Waals surface area contributed by atoms with Crippen molar-refractivity contribution in [1.29, 1.82) is 0 Å². The molecule has 0 unspecified atom stereocenters. The third-order valence-corrected chi connectivity index (χ3v) is 7.50. The van der Waals surface area contributed by atoms with Crippen molar-refractivity contribution in [2.75, 3.05) is 13.2 Å². The van der Waals surface area contributed by atoms with E-state index in [1.807, 2.05) is 0 Å². The van der Waals surface area contributed by atoms with E-state index in [2.05, 4.69) is 0 Å². The lowest BCUT2D eigenvalue weighted by molar-refractivity contribution is -0.185. The molecule has 4 aliphatic rings. The average Bonchev–Trinajstić information content (AvgIpc) is 3.05. The fraction of sp³-hybridized carbons (Fsp3) is 1.00. The standard InChI is InChI=1S/C20H34O3/c21-19-7-5-17(6-8-19)15-1-3-16(4-2-15)18-9-11-20(12-10-18)22-13-14-23-20/h15-19,21H,1-14H2. The maximum Gasteiger partial charge on any atom is 0.168 e. The van der Waals surface area contributed by atoms with E-state index < -0.39 is 0 Å². The van der Waals surface area contributed by atoms with E-state index in [1.54, 1.807) is 0 Å². The summed E-state index contributed by atoms with van der Waals surface area (Å²) in [5.74, 6) is 3.56. The molecular weight excluding hydrogens is 288 g/mol. The van der Waals surface area contributed by atoms with E-state index in [1.165, 1.54) is 51.4 Å². The molecule has 3 heteroatoms. The smallest absolute Gasteiger partial charge is 0.168 e. The molecule has 4 fully saturated rings. The Morgan fingerprint density at radius 1 is 0.565 bits per heavy atom. The zero-order valence-corrected chi connectivity index (χ0v) is 14.5. The molecule has 0 aromatic heterocycles. The molecule has 132 valence electrons. The van der Waals surface area contributed by atoms with Crippen LogP contribution in [0.4, 0.5) is 0 Å². The van der Waals surface area contributed by atoms with Gasteiger partial charge in [0.2, 0.25) is 0 Å². The van der Waals surface area contributed by atoms with Crippen molar-refractivity contribution in [3.8, 4) is 0 Å². The highest BCUT2D eigenvalue weighted by molar-refractivity contribution is 4.88. The van der Waals surface area contributed by atoms with Crippen LogP contribution in [0.3, 0.4) is 0 Å². The van der Waals surface area contributed by atoms with Crippen LogP contribution in [-0.4, -0.2) is 30.2 Å². The summed E-state index contributed by atoms with van der Waals surface area (Å²) < 4.78 is 11.8. The molecule has 0 aromatic carbocycles. The van der Waals surface area contributed by atoms with Crippen LogP contribution in [0.1, 0.15) is 77.0 Å². The molecule has 1 spiro atoms. The number of hydrogen-bond acceptors (Lipinski definition) is 3. The van der Waals surface area contributed by atoms with Crippen LogP contribution in [0.25, 0.3) is 0 Å². The fourth-order valence-corrected chi connectivity index (χ4v) is 6.00. The van der Waals surface area contributed by atoms with Crippen molar-refractivity contribution in [2.45, 2.75) is 88.9 Å². The molecule has 3 saturated carbocycles. The molecule has 0 amide bonds. The van der Waals surface area contributed by atoms with Crippen molar-refractivity contribution in [3.63, 3.8) is 0 Å². The van der Waals surface area contributed by atoms with Gasteiger partial charge in [-0.1, -0.05) is 0 Å². The van der Waals surface area contributed by atoms with E-state index in [-0.39, 0.29) is 11.9 Å². The fourth-order valence-electron chi connectivity index (χ4n) is 6.00. The Morgan fingerprint density at radius 2 is 0.957 bits per heavy atom. The summed E-state index contributed by atoms with van der Waals surface area (Å²) in [6, 6.07) is 0. The maximum absolute atomic E-state index is 9.70. The third-order valence-electron chi connectivity index (χ3n) is 7.50. The zero-order chi connectivity index (χ0) is 15.7. The predicted octanol–water partition coefficient (Wildman–Crippen LogP) is 4.28. The van der Waals surface area contributed by atoms with E-state index in [9.17, 15) is 5.11 Å². The Morgan fingerprint density at radius 3 is 1.43 bits per heavy atom. The lowest BCUT2D eigenvalue weighted by Gasteiger charge is -2.42. The Balaban J connectivity index is 1.22. The summed E-state index contributed by atoms with van der Waals surface area (Å²) in [6.45, 7) is 1.59. The first kappa shape index (κ1) is 16.4. The minimum atomic E-state index is -0.184. The maximum atomic E-state index is 9.70. The molecule has 0 radical (unpaired) electrons. The van der Waals surface area contributed by atoms with Crippen LogP contribution < -0.4 is 0 Å². The normalized spacial score (nSPS) is 42.1. The van der Waals surface area contributed by atoms with E-state index in [4.69, 9.17) is 9.47 Å². The van der Waals surface area contributed by atoms with Gasteiger partial charge in [0.1, 0.15) is 0 Å². The minimum Gasteiger partial charge on any atom is -0.393 e. The summed E-state index contributed by atoms with van der Waals surface area (Å²) in [4.78, 5) is 0. The number of aliphatic hydroxyl groups is 1. The topological polar surface area (TPSA) is 38.7 Å². The van der Waals surface area contributed by atoms with Gasteiger partial charge in [0.05, 0.1) is 19.3 Å². The highest BCUT2D eigenvalue weighted by Crippen LogP contribution is 2.47. The predicted molar refractivity (Wildman–Crippen MR) is 90.0 cm³/mol. The molecule has 1 saturated heterocycles. The second kappa shape index (κ2) is 7.01. The monoisotopic (exact) mass is 322 g/mol. The van der Waals surface area contributed by atoms with Crippen molar-refractivity contribution >= 4 is 0 Å². The molecule has 0 bridgehead atoms. The molecule has 1 aliphatic heterocycles. The quantitative estimate of drug-likeness (QED) is 0.825. The van der Waals surface area contributed by atoms with Crippen molar-refractivity contribution in [2.24, 2.45) is 23.7 Å². The first-order valence-corrected chi connectivity index (χ1v) is 10.2. The van der Waals surface area contributed by atoms with E-state index in [0.717, 1.165) is 62.6 Å². The molecule has 0 aromatic rings. The summed E-state index contributed by atoms with van der Waals surface area (Å²) in [5, 5.41) is 9.70. The van der Waals surface area contributed by atoms with Gasteiger partial charge in [0.25, 0.3) is 0 Å². The Kier molecular flexibility index (Phi) is 4.99. The van der Waals surface area contributed by atoms with Gasteiger partial charge in [0, 0.05) is 12.8 Å². The largest absolute Gasteiger partial charge is 0.393 e. The SMILES string of the molecule is OC1CCC(C2CCC(C3CCC4(CC3)OCCO4)CC2)CC1. The van der Waals surface area contributed by atoms with Crippen LogP contribution in [0.2, 0.25) is 0 Å². The summed E-state index contributed by atoms with van der Waals surface area (Å²) >= 11 is 0. The molecule has 0 atom stereocenters. The second-order valence-electron chi connectivity index (χ2n) is 8.69. The number of aliphatic hydroxyl groups excluding tert-OH is 1. The first-order chi connectivity index (χ1) is 11.2. The van der Waals surface area contributed by atoms with Gasteiger partial charge in [0.15, 0.2) is 5.79 Å². The Bertz CT molecular complexity index is 364. The van der Waals surface area contributed by atoms with Gasteiger partial charge in [-0.05, 0) is 87.9 Å². The Labute approximate surface area is 141 Å². The molecular formula is C20H34O3. The van der Waals surface area contributed by atoms with Crippen LogP contribution in [0, 0.1) is 23.7 Å². The minimum absolute atomic E-state index is 0.00262. The second-order valence-corrected chi connectivity index (χ2v) is 8.69. The van der Waals surface area contributed by atoms with Crippen LogP contribution in [-0.2, 0) is 9.47 Å². The molecule has 4 rings (SSSR count). The highest BCUT2D eigenvalue weighted by Gasteiger charge is 2.42. The molecule has 1 N–H and O–H groups in total. The molecule has 23 heavy (non-hydrogen) atoms. The highest BCUT2D eigenvalue weighted by atomic mass is 16.7. The average molecular weight is 322 g/mol. The van der Waals surface area contributed by atoms with Gasteiger partial charge in [-0.3, -0.25) is 0 Å². The molecule has 1 heterocycles. The van der Waals surface area contributed by atoms with Crippen LogP contribution in [0.15, 0.2) is 0 Å². The molecule has 3 nitrogen and oxygen atoms in total. The summed E-state index contributed by atoms with van der Waals surface area (Å²) in [7, 11) is 0. The van der Waals surface area contributed by atoms with Gasteiger partial charge in [-0.2, -0.15) is 0 Å². The third kappa shape index (κ3) is 3.62. The van der Waals surface area contributed by atoms with Crippen LogP contribution in [0.5, 0.6) is 0 Å². The number of hydrogen-bond donors (Lipinski definition) is 1. The van der Waals surface area contributed by atoms with E-state index in [0.29, 0.717) is 0 Å². The summed E-state index contributed by atoms with van der Waals surface area (Å²) in [5.41, 5.74) is 0. The van der Waals surface area contributed by atoms with Gasteiger partial charge in [-0.15, -0.1) is 0 Å². The molecule has 3 aliphatic carbocycles. The van der Waals surface area contributed by atoms with Gasteiger partial charge >= 0.3 is 0 Å². The van der Waals surface area contributed by atoms with Gasteiger partial charge < -0.3 is 14.6 Å². The number of ether oxygens (including phenoxy) is 2. The number of rotatable bonds is 2. The first-order valence-electron chi connectivity index (χ1n) is 10.2. The van der Waals surface area contributed by atoms with Gasteiger partial charge in [-0.25, -0.2) is 0 Å². The van der Waals surface area contributed by atoms with Crippen molar-refractivity contribution in [3.05, 3.63) is 0 Å². The van der Waals surface area contributed by atoms with E-state index >= 15 is 0 Å². The lowest BCUT2D eigenvalue weighted by Crippen LogP contribution is -2.38.